The standard InChI is InChI=1S/C9H17NO2/c1-2-7-6-10-9(12)5-8(7)3-4-11/h7-8,11H,2-6H2,1H3,(H,10,12). The molecule has 2 atom stereocenters. The number of hydrogen-bond donors (Lipinski definition) is 2. The first-order chi connectivity index (χ1) is 5.77. The second-order valence-corrected chi connectivity index (χ2v) is 3.45. The Bertz CT molecular complexity index is 159. The van der Waals surface area contributed by atoms with Gasteiger partial charge in [-0.3, -0.25) is 4.79 Å². The van der Waals surface area contributed by atoms with Crippen molar-refractivity contribution in [3.8, 4) is 0 Å². The second kappa shape index (κ2) is 4.45. The molecule has 1 saturated heterocycles. The van der Waals surface area contributed by atoms with Crippen molar-refractivity contribution in [1.29, 1.82) is 0 Å². The molecule has 0 radical (unpaired) electrons. The highest BCUT2D eigenvalue weighted by molar-refractivity contribution is 5.76. The highest BCUT2D eigenvalue weighted by Gasteiger charge is 2.26. The van der Waals surface area contributed by atoms with Crippen LogP contribution in [0.25, 0.3) is 0 Å². The van der Waals surface area contributed by atoms with Crippen molar-refractivity contribution >= 4 is 5.91 Å². The number of carbonyl (C=O) groups excluding carboxylic acids is 1. The monoisotopic (exact) mass is 171 g/mol. The quantitative estimate of drug-likeness (QED) is 0.650. The molecule has 3 heteroatoms. The zero-order valence-corrected chi connectivity index (χ0v) is 7.55. The van der Waals surface area contributed by atoms with Crippen LogP contribution in [0.1, 0.15) is 26.2 Å². The van der Waals surface area contributed by atoms with Crippen molar-refractivity contribution in [3.63, 3.8) is 0 Å². The largest absolute Gasteiger partial charge is 0.396 e. The summed E-state index contributed by atoms with van der Waals surface area (Å²) in [6.45, 7) is 3.13. The van der Waals surface area contributed by atoms with Crippen LogP contribution in [0.4, 0.5) is 0 Å². The number of rotatable bonds is 3. The van der Waals surface area contributed by atoms with Crippen LogP contribution in [0, 0.1) is 11.8 Å². The van der Waals surface area contributed by atoms with Crippen LogP contribution in [0.2, 0.25) is 0 Å². The van der Waals surface area contributed by atoms with E-state index >= 15 is 0 Å². The van der Waals surface area contributed by atoms with Crippen LogP contribution < -0.4 is 5.32 Å². The molecule has 1 aliphatic heterocycles. The van der Waals surface area contributed by atoms with E-state index < -0.39 is 0 Å². The van der Waals surface area contributed by atoms with Gasteiger partial charge in [-0.1, -0.05) is 13.3 Å². The number of amides is 1. The molecule has 1 heterocycles. The molecule has 0 aromatic rings. The molecule has 0 bridgehead atoms. The lowest BCUT2D eigenvalue weighted by Crippen LogP contribution is -2.40. The highest BCUT2D eigenvalue weighted by atomic mass is 16.3. The van der Waals surface area contributed by atoms with E-state index in [1.54, 1.807) is 0 Å². The third-order valence-electron chi connectivity index (χ3n) is 2.70. The first kappa shape index (κ1) is 9.52. The fraction of sp³-hybridized carbons (Fsp3) is 0.889. The Labute approximate surface area is 73.2 Å². The van der Waals surface area contributed by atoms with Crippen molar-refractivity contribution in [3.05, 3.63) is 0 Å². The fourth-order valence-corrected chi connectivity index (χ4v) is 1.87. The summed E-state index contributed by atoms with van der Waals surface area (Å²) in [7, 11) is 0. The van der Waals surface area contributed by atoms with E-state index in [1.165, 1.54) is 0 Å². The number of nitrogens with one attached hydrogen (secondary N) is 1. The van der Waals surface area contributed by atoms with E-state index in [9.17, 15) is 4.79 Å². The van der Waals surface area contributed by atoms with E-state index in [-0.39, 0.29) is 12.5 Å². The van der Waals surface area contributed by atoms with E-state index in [2.05, 4.69) is 12.2 Å². The van der Waals surface area contributed by atoms with Gasteiger partial charge in [0.25, 0.3) is 0 Å². The Balaban J connectivity index is 2.45. The summed E-state index contributed by atoms with van der Waals surface area (Å²) in [4.78, 5) is 11.0. The highest BCUT2D eigenvalue weighted by Crippen LogP contribution is 2.25. The van der Waals surface area contributed by atoms with Crippen molar-refractivity contribution in [2.75, 3.05) is 13.2 Å². The summed E-state index contributed by atoms with van der Waals surface area (Å²) in [5.74, 6) is 1.10. The Hall–Kier alpha value is -0.570. The summed E-state index contributed by atoms with van der Waals surface area (Å²) in [5, 5.41) is 11.6. The number of piperidine rings is 1. The van der Waals surface area contributed by atoms with Crippen LogP contribution >= 0.6 is 0 Å². The summed E-state index contributed by atoms with van der Waals surface area (Å²) in [6, 6.07) is 0. The zero-order valence-electron chi connectivity index (χ0n) is 7.55. The van der Waals surface area contributed by atoms with E-state index in [4.69, 9.17) is 5.11 Å². The van der Waals surface area contributed by atoms with Gasteiger partial charge in [0, 0.05) is 19.6 Å². The first-order valence-corrected chi connectivity index (χ1v) is 4.65. The van der Waals surface area contributed by atoms with Gasteiger partial charge in [-0.05, 0) is 18.3 Å². The minimum Gasteiger partial charge on any atom is -0.396 e. The Morgan fingerprint density at radius 3 is 2.92 bits per heavy atom. The molecule has 0 aromatic carbocycles. The van der Waals surface area contributed by atoms with Crippen LogP contribution in [0.15, 0.2) is 0 Å². The number of carbonyl (C=O) groups is 1. The molecule has 0 saturated carbocycles. The summed E-state index contributed by atoms with van der Waals surface area (Å²) < 4.78 is 0. The maximum atomic E-state index is 11.0. The lowest BCUT2D eigenvalue weighted by atomic mass is 9.82. The molecular weight excluding hydrogens is 154 g/mol. The third-order valence-corrected chi connectivity index (χ3v) is 2.70. The Morgan fingerprint density at radius 1 is 1.58 bits per heavy atom. The molecule has 0 aromatic heterocycles. The van der Waals surface area contributed by atoms with Crippen LogP contribution in [-0.4, -0.2) is 24.2 Å². The number of aliphatic hydroxyl groups is 1. The summed E-state index contributed by atoms with van der Waals surface area (Å²) in [5.41, 5.74) is 0. The average Bonchev–Trinajstić information content (AvgIpc) is 2.05. The average molecular weight is 171 g/mol. The predicted molar refractivity (Wildman–Crippen MR) is 46.6 cm³/mol. The SMILES string of the molecule is CCC1CNC(=O)CC1CCO. The fourth-order valence-electron chi connectivity index (χ4n) is 1.87. The first-order valence-electron chi connectivity index (χ1n) is 4.65. The van der Waals surface area contributed by atoms with Crippen molar-refractivity contribution in [2.24, 2.45) is 11.8 Å². The minimum atomic E-state index is 0.137. The van der Waals surface area contributed by atoms with Gasteiger partial charge >= 0.3 is 0 Å². The minimum absolute atomic E-state index is 0.137. The van der Waals surface area contributed by atoms with Crippen molar-refractivity contribution in [1.82, 2.24) is 5.32 Å². The Morgan fingerprint density at radius 2 is 2.33 bits per heavy atom. The molecule has 0 spiro atoms. The number of aliphatic hydroxyl groups excluding tert-OH is 1. The molecular formula is C9H17NO2. The normalized spacial score (nSPS) is 30.0. The van der Waals surface area contributed by atoms with Gasteiger partial charge in [0.05, 0.1) is 0 Å². The van der Waals surface area contributed by atoms with Gasteiger partial charge in [0.2, 0.25) is 5.91 Å². The molecule has 1 fully saturated rings. The van der Waals surface area contributed by atoms with Gasteiger partial charge in [0.15, 0.2) is 0 Å². The van der Waals surface area contributed by atoms with E-state index in [0.717, 1.165) is 19.4 Å². The van der Waals surface area contributed by atoms with E-state index in [0.29, 0.717) is 18.3 Å². The van der Waals surface area contributed by atoms with E-state index in [1.807, 2.05) is 0 Å². The van der Waals surface area contributed by atoms with Gasteiger partial charge < -0.3 is 10.4 Å². The third kappa shape index (κ3) is 2.21. The lowest BCUT2D eigenvalue weighted by molar-refractivity contribution is -0.124. The maximum absolute atomic E-state index is 11.0. The Kier molecular flexibility index (Phi) is 3.53. The van der Waals surface area contributed by atoms with Gasteiger partial charge in [-0.2, -0.15) is 0 Å². The summed E-state index contributed by atoms with van der Waals surface area (Å²) >= 11 is 0. The molecule has 70 valence electrons. The molecule has 0 aliphatic carbocycles. The van der Waals surface area contributed by atoms with Gasteiger partial charge in [0.1, 0.15) is 0 Å². The van der Waals surface area contributed by atoms with Crippen molar-refractivity contribution < 1.29 is 9.90 Å². The molecule has 12 heavy (non-hydrogen) atoms. The molecule has 1 amide bonds. The van der Waals surface area contributed by atoms with Gasteiger partial charge in [-0.15, -0.1) is 0 Å². The molecule has 2 N–H and O–H groups in total. The summed E-state index contributed by atoms with van der Waals surface area (Å²) in [6.07, 6.45) is 2.45. The number of hydrogen-bond acceptors (Lipinski definition) is 2. The van der Waals surface area contributed by atoms with Crippen LogP contribution in [0.5, 0.6) is 0 Å². The maximum Gasteiger partial charge on any atom is 0.220 e. The second-order valence-electron chi connectivity index (χ2n) is 3.45. The predicted octanol–water partition coefficient (Wildman–Crippen LogP) is 0.531. The topological polar surface area (TPSA) is 49.3 Å². The van der Waals surface area contributed by atoms with Crippen LogP contribution in [0.3, 0.4) is 0 Å². The van der Waals surface area contributed by atoms with Crippen molar-refractivity contribution in [2.45, 2.75) is 26.2 Å². The molecule has 3 nitrogen and oxygen atoms in total. The van der Waals surface area contributed by atoms with Crippen LogP contribution in [-0.2, 0) is 4.79 Å². The molecule has 2 unspecified atom stereocenters. The smallest absolute Gasteiger partial charge is 0.220 e. The molecule has 1 rings (SSSR count). The lowest BCUT2D eigenvalue weighted by Gasteiger charge is -2.30. The zero-order chi connectivity index (χ0) is 8.97. The molecule has 1 aliphatic rings. The van der Waals surface area contributed by atoms with Gasteiger partial charge in [-0.25, -0.2) is 0 Å².